The predicted molar refractivity (Wildman–Crippen MR) is 82.5 cm³/mol. The summed E-state index contributed by atoms with van der Waals surface area (Å²) in [4.78, 5) is 11.8. The minimum absolute atomic E-state index is 0.161. The first-order valence-electron chi connectivity index (χ1n) is 5.82. The first-order valence-corrected chi connectivity index (χ1v) is 7.77. The maximum absolute atomic E-state index is 11.8. The van der Waals surface area contributed by atoms with Gasteiger partial charge in [0, 0.05) is 18.9 Å². The lowest BCUT2D eigenvalue weighted by atomic mass is 10.4. The average molecular weight is 346 g/mol. The number of aliphatic hydroxyl groups is 1. The Morgan fingerprint density at radius 2 is 2.37 bits per heavy atom. The quantitative estimate of drug-likeness (QED) is 0.546. The zero-order valence-electron chi connectivity index (χ0n) is 10.4. The molecule has 0 spiro atoms. The van der Waals surface area contributed by atoms with Crippen molar-refractivity contribution in [2.75, 3.05) is 30.0 Å². The summed E-state index contributed by atoms with van der Waals surface area (Å²) in [7, 11) is 0. The maximum atomic E-state index is 11.8. The number of hydrogen-bond acceptors (Lipinski definition) is 5. The highest BCUT2D eigenvalue weighted by atomic mass is 79.9. The summed E-state index contributed by atoms with van der Waals surface area (Å²) in [5.41, 5.74) is 0.428. The molecule has 1 aromatic rings. The van der Waals surface area contributed by atoms with Gasteiger partial charge in [0.15, 0.2) is 0 Å². The van der Waals surface area contributed by atoms with Gasteiger partial charge in [-0.05, 0) is 28.1 Å². The third kappa shape index (κ3) is 5.27. The number of anilines is 1. The van der Waals surface area contributed by atoms with E-state index in [2.05, 4.69) is 32.3 Å². The molecule has 0 amide bonds. The highest BCUT2D eigenvalue weighted by molar-refractivity contribution is 9.10. The molecular weight excluding hydrogens is 330 g/mol. The van der Waals surface area contributed by atoms with Gasteiger partial charge in [-0.2, -0.15) is 16.9 Å². The highest BCUT2D eigenvalue weighted by Gasteiger charge is 2.07. The standard InChI is InChI=1S/C12H16BrN3O2S/c1-2-5-16-12(18)11(13)10(9-15-16)14-4-8-19-7-3-6-17/h1,9,14,17H,3-8H2. The lowest BCUT2D eigenvalue weighted by Crippen LogP contribution is -2.24. The molecule has 1 rings (SSSR count). The number of nitrogens with one attached hydrogen (secondary N) is 1. The fraction of sp³-hybridized carbons (Fsp3) is 0.500. The van der Waals surface area contributed by atoms with Crippen molar-refractivity contribution in [2.24, 2.45) is 0 Å². The van der Waals surface area contributed by atoms with E-state index in [0.717, 1.165) is 24.5 Å². The molecule has 5 nitrogen and oxygen atoms in total. The molecule has 0 radical (unpaired) electrons. The average Bonchev–Trinajstić information content (AvgIpc) is 2.41. The molecule has 0 aliphatic rings. The second-order valence-corrected chi connectivity index (χ2v) is 5.67. The molecule has 0 atom stereocenters. The second kappa shape index (κ2) is 9.02. The SMILES string of the molecule is C#CCn1ncc(NCCSCCCO)c(Br)c1=O. The molecular formula is C12H16BrN3O2S. The van der Waals surface area contributed by atoms with E-state index < -0.39 is 0 Å². The van der Waals surface area contributed by atoms with Gasteiger partial charge in [0.1, 0.15) is 11.0 Å². The van der Waals surface area contributed by atoms with Crippen LogP contribution in [0.1, 0.15) is 6.42 Å². The Morgan fingerprint density at radius 3 is 3.05 bits per heavy atom. The minimum atomic E-state index is -0.240. The Balaban J connectivity index is 2.49. The predicted octanol–water partition coefficient (Wildman–Crippen LogP) is 1.17. The van der Waals surface area contributed by atoms with E-state index in [1.165, 1.54) is 4.68 Å². The monoisotopic (exact) mass is 345 g/mol. The second-order valence-electron chi connectivity index (χ2n) is 3.66. The number of nitrogens with zero attached hydrogens (tertiary/aromatic N) is 2. The van der Waals surface area contributed by atoms with Crippen molar-refractivity contribution in [3.05, 3.63) is 21.0 Å². The molecule has 2 N–H and O–H groups in total. The zero-order chi connectivity index (χ0) is 14.1. The van der Waals surface area contributed by atoms with Crippen molar-refractivity contribution in [3.63, 3.8) is 0 Å². The molecule has 0 unspecified atom stereocenters. The van der Waals surface area contributed by atoms with Crippen LogP contribution in [0.25, 0.3) is 0 Å². The smallest absolute Gasteiger partial charge is 0.284 e. The lowest BCUT2D eigenvalue weighted by Gasteiger charge is -2.09. The van der Waals surface area contributed by atoms with Gasteiger partial charge in [0.05, 0.1) is 11.9 Å². The topological polar surface area (TPSA) is 67.2 Å². The van der Waals surface area contributed by atoms with E-state index in [1.807, 2.05) is 0 Å². The molecule has 1 aromatic heterocycles. The van der Waals surface area contributed by atoms with Gasteiger partial charge in [-0.15, -0.1) is 6.42 Å². The van der Waals surface area contributed by atoms with Crippen molar-refractivity contribution in [3.8, 4) is 12.3 Å². The number of aromatic nitrogens is 2. The summed E-state index contributed by atoms with van der Waals surface area (Å²) in [6, 6.07) is 0. The van der Waals surface area contributed by atoms with Crippen LogP contribution >= 0.6 is 27.7 Å². The minimum Gasteiger partial charge on any atom is -0.396 e. The van der Waals surface area contributed by atoms with Gasteiger partial charge >= 0.3 is 0 Å². The van der Waals surface area contributed by atoms with E-state index in [4.69, 9.17) is 11.5 Å². The van der Waals surface area contributed by atoms with Gasteiger partial charge in [-0.3, -0.25) is 4.79 Å². The van der Waals surface area contributed by atoms with E-state index in [9.17, 15) is 4.79 Å². The summed E-state index contributed by atoms with van der Waals surface area (Å²) in [6.45, 7) is 1.12. The third-order valence-corrected chi connectivity index (χ3v) is 4.07. The normalized spacial score (nSPS) is 10.2. The molecule has 0 aliphatic heterocycles. The molecule has 0 aliphatic carbocycles. The first kappa shape index (κ1) is 16.1. The van der Waals surface area contributed by atoms with Gasteiger partial charge in [-0.25, -0.2) is 4.68 Å². The van der Waals surface area contributed by atoms with E-state index in [1.54, 1.807) is 18.0 Å². The number of thioether (sulfide) groups is 1. The first-order chi connectivity index (χ1) is 9.20. The van der Waals surface area contributed by atoms with Crippen LogP contribution in [-0.4, -0.2) is 39.5 Å². The third-order valence-electron chi connectivity index (χ3n) is 2.23. The van der Waals surface area contributed by atoms with Crippen molar-refractivity contribution in [2.45, 2.75) is 13.0 Å². The van der Waals surface area contributed by atoms with Crippen LogP contribution in [0.3, 0.4) is 0 Å². The number of rotatable bonds is 8. The van der Waals surface area contributed by atoms with Crippen molar-refractivity contribution < 1.29 is 5.11 Å². The van der Waals surface area contributed by atoms with Crippen molar-refractivity contribution >= 4 is 33.4 Å². The summed E-state index contributed by atoms with van der Waals surface area (Å²) < 4.78 is 1.67. The summed E-state index contributed by atoms with van der Waals surface area (Å²) in [5.74, 6) is 4.21. The highest BCUT2D eigenvalue weighted by Crippen LogP contribution is 2.16. The fourth-order valence-electron chi connectivity index (χ4n) is 1.31. The summed E-state index contributed by atoms with van der Waals surface area (Å²) >= 11 is 5.00. The molecule has 0 bridgehead atoms. The zero-order valence-corrected chi connectivity index (χ0v) is 12.8. The Morgan fingerprint density at radius 1 is 1.58 bits per heavy atom. The molecule has 0 saturated heterocycles. The molecule has 0 aromatic carbocycles. The van der Waals surface area contributed by atoms with Crippen LogP contribution in [0, 0.1) is 12.3 Å². The molecule has 1 heterocycles. The van der Waals surface area contributed by atoms with Gasteiger partial charge < -0.3 is 10.4 Å². The molecule has 7 heteroatoms. The van der Waals surface area contributed by atoms with Crippen LogP contribution in [0.2, 0.25) is 0 Å². The lowest BCUT2D eigenvalue weighted by molar-refractivity contribution is 0.296. The summed E-state index contributed by atoms with van der Waals surface area (Å²) in [6.07, 6.45) is 7.54. The number of halogens is 1. The summed E-state index contributed by atoms with van der Waals surface area (Å²) in [5, 5.41) is 15.8. The number of hydrogen-bond donors (Lipinski definition) is 2. The number of terminal acetylenes is 1. The Bertz CT molecular complexity index is 499. The molecule has 0 saturated carbocycles. The number of aliphatic hydroxyl groups excluding tert-OH is 1. The maximum Gasteiger partial charge on any atom is 0.284 e. The molecule has 19 heavy (non-hydrogen) atoms. The Labute approximate surface area is 124 Å². The van der Waals surface area contributed by atoms with Crippen LogP contribution in [0.5, 0.6) is 0 Å². The Kier molecular flexibility index (Phi) is 7.63. The Hall–Kier alpha value is -0.970. The van der Waals surface area contributed by atoms with E-state index >= 15 is 0 Å². The van der Waals surface area contributed by atoms with Crippen LogP contribution in [-0.2, 0) is 6.54 Å². The van der Waals surface area contributed by atoms with Gasteiger partial charge in [-0.1, -0.05) is 5.92 Å². The van der Waals surface area contributed by atoms with Crippen LogP contribution < -0.4 is 10.9 Å². The largest absolute Gasteiger partial charge is 0.396 e. The van der Waals surface area contributed by atoms with Crippen molar-refractivity contribution in [1.82, 2.24) is 9.78 Å². The van der Waals surface area contributed by atoms with E-state index in [-0.39, 0.29) is 18.7 Å². The molecule has 0 fully saturated rings. The van der Waals surface area contributed by atoms with Gasteiger partial charge in [0.2, 0.25) is 0 Å². The fourth-order valence-corrected chi connectivity index (χ4v) is 2.54. The van der Waals surface area contributed by atoms with Crippen LogP contribution in [0.15, 0.2) is 15.5 Å². The molecule has 104 valence electrons. The van der Waals surface area contributed by atoms with E-state index in [0.29, 0.717) is 10.2 Å². The van der Waals surface area contributed by atoms with Crippen molar-refractivity contribution in [1.29, 1.82) is 0 Å². The van der Waals surface area contributed by atoms with Gasteiger partial charge in [0.25, 0.3) is 5.56 Å². The van der Waals surface area contributed by atoms with Crippen LogP contribution in [0.4, 0.5) is 5.69 Å².